The predicted octanol–water partition coefficient (Wildman–Crippen LogP) is 2.14. The van der Waals surface area contributed by atoms with Gasteiger partial charge in [0.15, 0.2) is 9.84 Å². The van der Waals surface area contributed by atoms with Crippen LogP contribution in [0.1, 0.15) is 15.9 Å². The van der Waals surface area contributed by atoms with E-state index < -0.39 is 50.8 Å². The summed E-state index contributed by atoms with van der Waals surface area (Å²) >= 11 is 0. The van der Waals surface area contributed by atoms with Gasteiger partial charge in [-0.05, 0) is 24.6 Å². The molecule has 0 heterocycles. The van der Waals surface area contributed by atoms with Crippen molar-refractivity contribution >= 4 is 15.8 Å². The Bertz CT molecular complexity index is 651. The van der Waals surface area contributed by atoms with Gasteiger partial charge >= 0.3 is 12.3 Å². The summed E-state index contributed by atoms with van der Waals surface area (Å²) < 4.78 is 75.7. The van der Waals surface area contributed by atoms with Crippen LogP contribution in [0.5, 0.6) is 0 Å². The average molecular weight is 330 g/mol. The second-order valence-electron chi connectivity index (χ2n) is 4.02. The van der Waals surface area contributed by atoms with Crippen LogP contribution < -0.4 is 0 Å². The van der Waals surface area contributed by atoms with E-state index in [0.29, 0.717) is 6.07 Å². The number of hydrogen-bond donors (Lipinski definition) is 1. The number of carbonyl (C=O) groups is 1. The zero-order chi connectivity index (χ0) is 16.4. The molecule has 0 bridgehead atoms. The number of aromatic carboxylic acids is 1. The van der Waals surface area contributed by atoms with Crippen LogP contribution >= 0.6 is 0 Å². The second-order valence-corrected chi connectivity index (χ2v) is 6.13. The molecule has 1 rings (SSSR count). The maximum atomic E-state index is 13.5. The van der Waals surface area contributed by atoms with Gasteiger partial charge in [-0.15, -0.1) is 13.2 Å². The first-order valence-corrected chi connectivity index (χ1v) is 7.06. The van der Waals surface area contributed by atoms with E-state index in [4.69, 9.17) is 5.11 Å². The van der Waals surface area contributed by atoms with E-state index in [-0.39, 0.29) is 5.56 Å². The number of ether oxygens (including phenoxy) is 1. The smallest absolute Gasteiger partial charge is 0.478 e. The van der Waals surface area contributed by atoms with E-state index in [9.17, 15) is 30.8 Å². The molecule has 5 nitrogen and oxygen atoms in total. The Kier molecular flexibility index (Phi) is 4.95. The molecule has 21 heavy (non-hydrogen) atoms. The average Bonchev–Trinajstić information content (AvgIpc) is 2.29. The minimum atomic E-state index is -4.97. The first kappa shape index (κ1) is 17.4. The molecule has 0 radical (unpaired) electrons. The molecule has 0 saturated heterocycles. The summed E-state index contributed by atoms with van der Waals surface area (Å²) in [6.45, 7) is -0.00231. The van der Waals surface area contributed by atoms with Crippen molar-refractivity contribution < 1.29 is 40.6 Å². The van der Waals surface area contributed by atoms with Gasteiger partial charge in [-0.1, -0.05) is 0 Å². The lowest BCUT2D eigenvalue weighted by Gasteiger charge is -2.10. The van der Waals surface area contributed by atoms with Crippen molar-refractivity contribution in [3.63, 3.8) is 0 Å². The summed E-state index contributed by atoms with van der Waals surface area (Å²) in [6, 6.07) is 1.41. The number of halogens is 4. The van der Waals surface area contributed by atoms with Crippen molar-refractivity contribution in [2.45, 2.75) is 18.2 Å². The van der Waals surface area contributed by atoms with E-state index >= 15 is 0 Å². The Morgan fingerprint density at radius 1 is 1.33 bits per heavy atom. The summed E-state index contributed by atoms with van der Waals surface area (Å²) in [6.07, 6.45) is -4.97. The Hall–Kier alpha value is -1.68. The standard InChI is InChI=1S/C11H10F4O5S/c1-6-4-7(5-8(9(6)12)10(16)17)21(18,19)3-2-20-11(13,14)15/h4-5H,2-3H2,1H3,(H,16,17). The molecular formula is C11H10F4O5S. The molecule has 0 amide bonds. The lowest BCUT2D eigenvalue weighted by atomic mass is 10.1. The van der Waals surface area contributed by atoms with Gasteiger partial charge < -0.3 is 5.11 Å². The highest BCUT2D eigenvalue weighted by atomic mass is 32.2. The summed E-state index contributed by atoms with van der Waals surface area (Å²) in [5.41, 5.74) is -1.12. The molecule has 0 aliphatic heterocycles. The summed E-state index contributed by atoms with van der Waals surface area (Å²) in [7, 11) is -4.23. The van der Waals surface area contributed by atoms with Gasteiger partial charge in [-0.2, -0.15) is 0 Å². The number of benzene rings is 1. The molecule has 118 valence electrons. The Labute approximate surface area is 117 Å². The largest absolute Gasteiger partial charge is 0.522 e. The van der Waals surface area contributed by atoms with E-state index in [1.54, 1.807) is 0 Å². The highest BCUT2D eigenvalue weighted by Crippen LogP contribution is 2.21. The molecule has 0 aliphatic rings. The van der Waals surface area contributed by atoms with Gasteiger partial charge in [0.05, 0.1) is 22.8 Å². The zero-order valence-electron chi connectivity index (χ0n) is 10.6. The van der Waals surface area contributed by atoms with E-state index in [1.165, 1.54) is 0 Å². The predicted molar refractivity (Wildman–Crippen MR) is 62.2 cm³/mol. The van der Waals surface area contributed by atoms with Crippen molar-refractivity contribution in [2.75, 3.05) is 12.4 Å². The maximum absolute atomic E-state index is 13.5. The third-order valence-corrected chi connectivity index (χ3v) is 4.09. The molecular weight excluding hydrogens is 320 g/mol. The minimum Gasteiger partial charge on any atom is -0.478 e. The second kappa shape index (κ2) is 5.98. The fourth-order valence-electron chi connectivity index (χ4n) is 1.46. The highest BCUT2D eigenvalue weighted by molar-refractivity contribution is 7.91. The summed E-state index contributed by atoms with van der Waals surface area (Å²) in [4.78, 5) is 10.2. The van der Waals surface area contributed by atoms with Crippen molar-refractivity contribution in [3.8, 4) is 0 Å². The monoisotopic (exact) mass is 330 g/mol. The topological polar surface area (TPSA) is 80.7 Å². The molecule has 0 aromatic heterocycles. The first-order chi connectivity index (χ1) is 9.44. The molecule has 0 unspecified atom stereocenters. The molecule has 1 aromatic carbocycles. The van der Waals surface area contributed by atoms with Crippen molar-refractivity contribution in [1.82, 2.24) is 0 Å². The molecule has 0 saturated carbocycles. The van der Waals surface area contributed by atoms with Crippen LogP contribution in [-0.4, -0.2) is 38.2 Å². The quantitative estimate of drug-likeness (QED) is 0.661. The maximum Gasteiger partial charge on any atom is 0.522 e. The number of sulfone groups is 1. The Morgan fingerprint density at radius 3 is 2.38 bits per heavy atom. The fourth-order valence-corrected chi connectivity index (χ4v) is 2.65. The van der Waals surface area contributed by atoms with Crippen LogP contribution in [0, 0.1) is 12.7 Å². The van der Waals surface area contributed by atoms with E-state index in [0.717, 1.165) is 13.0 Å². The van der Waals surface area contributed by atoms with Crippen LogP contribution in [-0.2, 0) is 14.6 Å². The Balaban J connectivity index is 3.07. The normalized spacial score (nSPS) is 12.4. The van der Waals surface area contributed by atoms with Gasteiger partial charge in [0.2, 0.25) is 0 Å². The summed E-state index contributed by atoms with van der Waals surface area (Å²) in [5, 5.41) is 8.75. The minimum absolute atomic E-state index is 0.245. The van der Waals surface area contributed by atoms with Gasteiger partial charge in [0.25, 0.3) is 0 Å². The Morgan fingerprint density at radius 2 is 1.90 bits per heavy atom. The van der Waals surface area contributed by atoms with Crippen molar-refractivity contribution in [2.24, 2.45) is 0 Å². The number of alkyl halides is 3. The van der Waals surface area contributed by atoms with Crippen LogP contribution in [0.2, 0.25) is 0 Å². The van der Waals surface area contributed by atoms with Crippen LogP contribution in [0.25, 0.3) is 0 Å². The fraction of sp³-hybridized carbons (Fsp3) is 0.364. The molecule has 1 N–H and O–H groups in total. The van der Waals surface area contributed by atoms with Crippen molar-refractivity contribution in [3.05, 3.63) is 29.1 Å². The van der Waals surface area contributed by atoms with Crippen LogP contribution in [0.3, 0.4) is 0 Å². The van der Waals surface area contributed by atoms with Gasteiger partial charge in [-0.25, -0.2) is 17.6 Å². The molecule has 0 spiro atoms. The van der Waals surface area contributed by atoms with Gasteiger partial charge in [0.1, 0.15) is 5.82 Å². The number of carboxylic acids is 1. The van der Waals surface area contributed by atoms with Gasteiger partial charge in [-0.3, -0.25) is 4.74 Å². The number of rotatable bonds is 5. The zero-order valence-corrected chi connectivity index (χ0v) is 11.4. The lowest BCUT2D eigenvalue weighted by molar-refractivity contribution is -0.322. The van der Waals surface area contributed by atoms with Crippen LogP contribution in [0.4, 0.5) is 17.6 Å². The number of hydrogen-bond acceptors (Lipinski definition) is 4. The third kappa shape index (κ3) is 4.67. The summed E-state index contributed by atoms with van der Waals surface area (Å²) in [5.74, 6) is -3.80. The van der Waals surface area contributed by atoms with E-state index in [2.05, 4.69) is 4.74 Å². The van der Waals surface area contributed by atoms with Crippen LogP contribution in [0.15, 0.2) is 17.0 Å². The lowest BCUT2D eigenvalue weighted by Crippen LogP contribution is -2.20. The molecule has 0 fully saturated rings. The molecule has 10 heteroatoms. The first-order valence-electron chi connectivity index (χ1n) is 5.41. The van der Waals surface area contributed by atoms with Gasteiger partial charge in [0, 0.05) is 0 Å². The molecule has 0 atom stereocenters. The molecule has 1 aromatic rings. The SMILES string of the molecule is Cc1cc(S(=O)(=O)CCOC(F)(F)F)cc(C(=O)O)c1F. The number of carboxylic acid groups (broad SMARTS) is 1. The molecule has 0 aliphatic carbocycles. The highest BCUT2D eigenvalue weighted by Gasteiger charge is 2.30. The van der Waals surface area contributed by atoms with E-state index in [1.807, 2.05) is 0 Å². The number of aryl methyl sites for hydroxylation is 1. The van der Waals surface area contributed by atoms with Crippen molar-refractivity contribution in [1.29, 1.82) is 0 Å². The third-order valence-electron chi connectivity index (χ3n) is 2.44.